The van der Waals surface area contributed by atoms with Gasteiger partial charge in [-0.1, -0.05) is 24.3 Å². The van der Waals surface area contributed by atoms with E-state index >= 15 is 0 Å². The number of carbonyl (C=O) groups is 3. The molecule has 3 N–H and O–H groups in total. The molecule has 2 saturated heterocycles. The SMILES string of the molecule is Cc1ccccc1[C@H]1[C@@H]2CN(Cc3cn[nH]c3)C[C@@H]2CN1C(=O)CN(C)C.O=CO.O=CO. The van der Waals surface area contributed by atoms with Crippen LogP contribution < -0.4 is 0 Å². The van der Waals surface area contributed by atoms with Crippen molar-refractivity contribution in [2.75, 3.05) is 40.3 Å². The molecule has 33 heavy (non-hydrogen) atoms. The van der Waals surface area contributed by atoms with Gasteiger partial charge in [0.05, 0.1) is 18.8 Å². The zero-order valence-corrected chi connectivity index (χ0v) is 19.3. The fourth-order valence-electron chi connectivity index (χ4n) is 4.82. The second-order valence-electron chi connectivity index (χ2n) is 8.52. The number of hydrogen-bond acceptors (Lipinski definition) is 6. The summed E-state index contributed by atoms with van der Waals surface area (Å²) >= 11 is 0. The molecule has 0 saturated carbocycles. The number of carboxylic acid groups (broad SMARTS) is 2. The summed E-state index contributed by atoms with van der Waals surface area (Å²) in [6.07, 6.45) is 3.87. The molecule has 3 atom stereocenters. The lowest BCUT2D eigenvalue weighted by Gasteiger charge is -2.31. The number of nitrogens with one attached hydrogen (secondary N) is 1. The highest BCUT2D eigenvalue weighted by Crippen LogP contribution is 2.46. The Bertz CT molecular complexity index is 883. The third-order valence-electron chi connectivity index (χ3n) is 5.98. The quantitative estimate of drug-likeness (QED) is 0.571. The molecule has 3 heterocycles. The van der Waals surface area contributed by atoms with Gasteiger partial charge in [-0.3, -0.25) is 24.4 Å². The van der Waals surface area contributed by atoms with Gasteiger partial charge in [-0.2, -0.15) is 5.10 Å². The summed E-state index contributed by atoms with van der Waals surface area (Å²) in [5, 5.41) is 20.7. The van der Waals surface area contributed by atoms with Crippen molar-refractivity contribution in [3.05, 3.63) is 53.3 Å². The average molecular weight is 460 g/mol. The normalized spacial score (nSPS) is 21.5. The van der Waals surface area contributed by atoms with E-state index in [2.05, 4.69) is 51.2 Å². The Morgan fingerprint density at radius 1 is 1.18 bits per heavy atom. The van der Waals surface area contributed by atoms with E-state index in [9.17, 15) is 4.79 Å². The number of aryl methyl sites for hydroxylation is 1. The van der Waals surface area contributed by atoms with Crippen LogP contribution in [-0.2, 0) is 20.9 Å². The lowest BCUT2D eigenvalue weighted by molar-refractivity contribution is -0.133. The van der Waals surface area contributed by atoms with Crippen molar-refractivity contribution >= 4 is 18.9 Å². The fraction of sp³-hybridized carbons (Fsp3) is 0.478. The maximum absolute atomic E-state index is 13.0. The number of likely N-dealkylation sites (N-methyl/N-ethyl adjacent to an activating group) is 1. The highest BCUT2D eigenvalue weighted by molar-refractivity contribution is 5.79. The molecular formula is C23H33N5O5. The van der Waals surface area contributed by atoms with Crippen LogP contribution in [0.15, 0.2) is 36.7 Å². The van der Waals surface area contributed by atoms with Gasteiger partial charge in [0.2, 0.25) is 5.91 Å². The van der Waals surface area contributed by atoms with Crippen molar-refractivity contribution < 1.29 is 24.6 Å². The van der Waals surface area contributed by atoms with Crippen molar-refractivity contribution in [2.45, 2.75) is 19.5 Å². The van der Waals surface area contributed by atoms with Gasteiger partial charge >= 0.3 is 0 Å². The number of rotatable bonds is 5. The first-order valence-corrected chi connectivity index (χ1v) is 10.7. The standard InChI is InChI=1S/C21H29N5O.2CH2O2/c1-15-6-4-5-7-18(15)21-19-13-25(10-16-8-22-23-9-16)11-17(19)12-26(21)20(27)14-24(2)3;2*2-1-3/h4-9,17,19,21H,10-14H2,1-3H3,(H,22,23);2*1H,(H,2,3)/t17-,19-,21+;;/m1../s1. The number of hydrogen-bond donors (Lipinski definition) is 3. The Morgan fingerprint density at radius 2 is 1.85 bits per heavy atom. The number of amides is 1. The summed E-state index contributed by atoms with van der Waals surface area (Å²) in [5.74, 6) is 1.26. The second-order valence-corrected chi connectivity index (χ2v) is 8.52. The van der Waals surface area contributed by atoms with Gasteiger partial charge in [0.1, 0.15) is 0 Å². The second kappa shape index (κ2) is 12.7. The molecule has 0 unspecified atom stereocenters. The molecule has 4 rings (SSSR count). The zero-order valence-electron chi connectivity index (χ0n) is 19.3. The van der Waals surface area contributed by atoms with Crippen molar-refractivity contribution in [1.82, 2.24) is 24.9 Å². The largest absolute Gasteiger partial charge is 0.483 e. The predicted octanol–water partition coefficient (Wildman–Crippen LogP) is 1.31. The summed E-state index contributed by atoms with van der Waals surface area (Å²) in [6, 6.07) is 8.73. The fourth-order valence-corrected chi connectivity index (χ4v) is 4.82. The Hall–Kier alpha value is -3.24. The molecule has 10 nitrogen and oxygen atoms in total. The Labute approximate surface area is 193 Å². The molecule has 0 spiro atoms. The number of aromatic amines is 1. The summed E-state index contributed by atoms with van der Waals surface area (Å²) < 4.78 is 0. The van der Waals surface area contributed by atoms with E-state index in [0.29, 0.717) is 18.4 Å². The Morgan fingerprint density at radius 3 is 2.42 bits per heavy atom. The van der Waals surface area contributed by atoms with Gasteiger partial charge < -0.3 is 20.0 Å². The first-order valence-electron chi connectivity index (χ1n) is 10.7. The minimum atomic E-state index is -0.250. The van der Waals surface area contributed by atoms with Gasteiger partial charge in [0.15, 0.2) is 0 Å². The Kier molecular flexibility index (Phi) is 10.0. The first kappa shape index (κ1) is 26.0. The van der Waals surface area contributed by atoms with Gasteiger partial charge in [-0.05, 0) is 38.1 Å². The smallest absolute Gasteiger partial charge is 0.290 e. The minimum Gasteiger partial charge on any atom is -0.483 e. The lowest BCUT2D eigenvalue weighted by atomic mass is 9.87. The zero-order chi connectivity index (χ0) is 24.4. The summed E-state index contributed by atoms with van der Waals surface area (Å²) in [7, 11) is 3.93. The van der Waals surface area contributed by atoms with Gasteiger partial charge in [-0.15, -0.1) is 0 Å². The summed E-state index contributed by atoms with van der Waals surface area (Å²) in [5.41, 5.74) is 3.81. The molecule has 0 bridgehead atoms. The minimum absolute atomic E-state index is 0.179. The molecule has 180 valence electrons. The predicted molar refractivity (Wildman–Crippen MR) is 122 cm³/mol. The number of benzene rings is 1. The molecule has 2 aliphatic rings. The number of aromatic nitrogens is 2. The van der Waals surface area contributed by atoms with E-state index in [1.165, 1.54) is 16.7 Å². The van der Waals surface area contributed by atoms with Crippen molar-refractivity contribution in [3.63, 3.8) is 0 Å². The average Bonchev–Trinajstić information content (AvgIpc) is 3.46. The van der Waals surface area contributed by atoms with E-state index < -0.39 is 0 Å². The Balaban J connectivity index is 0.000000582. The van der Waals surface area contributed by atoms with E-state index in [-0.39, 0.29) is 24.9 Å². The van der Waals surface area contributed by atoms with Crippen molar-refractivity contribution in [2.24, 2.45) is 11.8 Å². The number of H-pyrrole nitrogens is 1. The topological polar surface area (TPSA) is 130 Å². The molecule has 1 aromatic heterocycles. The van der Waals surface area contributed by atoms with E-state index in [1.807, 2.05) is 31.4 Å². The van der Waals surface area contributed by atoms with Crippen LogP contribution in [0.1, 0.15) is 22.7 Å². The molecule has 0 aliphatic carbocycles. The van der Waals surface area contributed by atoms with Crippen molar-refractivity contribution in [3.8, 4) is 0 Å². The van der Waals surface area contributed by atoms with Crippen LogP contribution in [0.4, 0.5) is 0 Å². The highest BCUT2D eigenvalue weighted by Gasteiger charge is 2.49. The molecule has 2 aliphatic heterocycles. The van der Waals surface area contributed by atoms with Gasteiger partial charge in [0.25, 0.3) is 12.9 Å². The summed E-state index contributed by atoms with van der Waals surface area (Å²) in [4.78, 5) is 36.3. The van der Waals surface area contributed by atoms with E-state index in [4.69, 9.17) is 19.8 Å². The first-order chi connectivity index (χ1) is 15.9. The third-order valence-corrected chi connectivity index (χ3v) is 5.98. The van der Waals surface area contributed by atoms with Crippen LogP contribution in [-0.4, -0.2) is 94.2 Å². The molecule has 2 aromatic rings. The van der Waals surface area contributed by atoms with Crippen LogP contribution in [0.3, 0.4) is 0 Å². The number of nitrogens with zero attached hydrogens (tertiary/aromatic N) is 4. The van der Waals surface area contributed by atoms with Crippen molar-refractivity contribution in [1.29, 1.82) is 0 Å². The highest BCUT2D eigenvalue weighted by atomic mass is 16.3. The maximum Gasteiger partial charge on any atom is 0.290 e. The maximum atomic E-state index is 13.0. The molecule has 1 amide bonds. The van der Waals surface area contributed by atoms with Crippen LogP contribution in [0.5, 0.6) is 0 Å². The molecule has 0 radical (unpaired) electrons. The number of likely N-dealkylation sites (tertiary alicyclic amines) is 2. The molecule has 2 fully saturated rings. The van der Waals surface area contributed by atoms with Gasteiger partial charge in [-0.25, -0.2) is 0 Å². The number of fused-ring (bicyclic) bond motifs is 1. The monoisotopic (exact) mass is 459 g/mol. The molecular weight excluding hydrogens is 426 g/mol. The molecule has 10 heteroatoms. The summed E-state index contributed by atoms with van der Waals surface area (Å²) in [6.45, 7) is 5.99. The van der Waals surface area contributed by atoms with E-state index in [1.54, 1.807) is 0 Å². The third kappa shape index (κ3) is 6.87. The van der Waals surface area contributed by atoms with E-state index in [0.717, 1.165) is 26.2 Å². The number of carbonyl (C=O) groups excluding carboxylic acids is 1. The van der Waals surface area contributed by atoms with Crippen LogP contribution in [0.25, 0.3) is 0 Å². The van der Waals surface area contributed by atoms with Crippen LogP contribution in [0, 0.1) is 18.8 Å². The van der Waals surface area contributed by atoms with Crippen LogP contribution in [0.2, 0.25) is 0 Å². The molecule has 1 aromatic carbocycles. The lowest BCUT2D eigenvalue weighted by Crippen LogP contribution is -2.40. The van der Waals surface area contributed by atoms with Crippen LogP contribution >= 0.6 is 0 Å². The van der Waals surface area contributed by atoms with Gasteiger partial charge in [0, 0.05) is 43.9 Å².